The van der Waals surface area contributed by atoms with E-state index < -0.39 is 9.84 Å². The Morgan fingerprint density at radius 3 is 2.90 bits per heavy atom. The van der Waals surface area contributed by atoms with Crippen molar-refractivity contribution >= 4 is 32.3 Å². The molecule has 21 heavy (non-hydrogen) atoms. The summed E-state index contributed by atoms with van der Waals surface area (Å²) in [5.74, 6) is 0.174. The lowest BCUT2D eigenvalue weighted by molar-refractivity contribution is -0.116. The molecule has 6 heteroatoms. The highest BCUT2D eigenvalue weighted by atomic mass is 32.2. The van der Waals surface area contributed by atoms with Crippen LogP contribution in [-0.2, 0) is 14.6 Å². The van der Waals surface area contributed by atoms with Crippen molar-refractivity contribution in [2.75, 3.05) is 16.8 Å². The lowest BCUT2D eigenvalue weighted by Crippen LogP contribution is -2.17. The molecule has 0 spiro atoms. The van der Waals surface area contributed by atoms with Crippen LogP contribution in [0.4, 0.5) is 5.69 Å². The molecule has 1 aromatic heterocycles. The third kappa shape index (κ3) is 3.26. The van der Waals surface area contributed by atoms with E-state index in [4.69, 9.17) is 0 Å². The van der Waals surface area contributed by atoms with E-state index >= 15 is 0 Å². The Balaban J connectivity index is 1.66. The number of H-pyrrole nitrogens is 1. The average Bonchev–Trinajstić information content (AvgIpc) is 2.90. The van der Waals surface area contributed by atoms with Crippen molar-refractivity contribution in [2.24, 2.45) is 5.92 Å². The van der Waals surface area contributed by atoms with Crippen LogP contribution in [0.25, 0.3) is 10.9 Å². The van der Waals surface area contributed by atoms with E-state index in [0.717, 1.165) is 22.3 Å². The van der Waals surface area contributed by atoms with Crippen molar-refractivity contribution in [2.45, 2.75) is 19.8 Å². The summed E-state index contributed by atoms with van der Waals surface area (Å²) in [6, 6.07) is 7.72. The number of anilines is 1. The van der Waals surface area contributed by atoms with Crippen LogP contribution >= 0.6 is 0 Å². The number of carbonyl (C=O) groups excluding carboxylic acids is 1. The zero-order valence-electron chi connectivity index (χ0n) is 11.8. The second kappa shape index (κ2) is 5.18. The van der Waals surface area contributed by atoms with Gasteiger partial charge in [0.05, 0.1) is 11.5 Å². The number of aryl methyl sites for hydroxylation is 1. The van der Waals surface area contributed by atoms with Crippen LogP contribution in [0.15, 0.2) is 24.3 Å². The number of benzene rings is 1. The molecule has 0 aliphatic carbocycles. The minimum Gasteiger partial charge on any atom is -0.359 e. The summed E-state index contributed by atoms with van der Waals surface area (Å²) in [6.07, 6.45) is 0.856. The third-order valence-electron chi connectivity index (χ3n) is 3.84. The van der Waals surface area contributed by atoms with Crippen molar-refractivity contribution in [3.05, 3.63) is 30.0 Å². The molecule has 0 radical (unpaired) electrons. The van der Waals surface area contributed by atoms with E-state index in [1.165, 1.54) is 0 Å². The number of hydrogen-bond donors (Lipinski definition) is 2. The quantitative estimate of drug-likeness (QED) is 0.912. The second-order valence-electron chi connectivity index (χ2n) is 5.78. The first kappa shape index (κ1) is 14.1. The van der Waals surface area contributed by atoms with Crippen LogP contribution in [0.3, 0.4) is 0 Å². The standard InChI is InChI=1S/C15H18N2O3S/c1-10-6-12-8-13(2-3-14(12)16-10)17-15(18)7-11-4-5-21(19,20)9-11/h2-3,6,8,11,16H,4-5,7,9H2,1H3,(H,17,18). The van der Waals surface area contributed by atoms with Crippen molar-refractivity contribution in [3.63, 3.8) is 0 Å². The number of rotatable bonds is 3. The first-order valence-electron chi connectivity index (χ1n) is 7.01. The molecule has 2 N–H and O–H groups in total. The molecule has 1 saturated heterocycles. The van der Waals surface area contributed by atoms with Gasteiger partial charge in [-0.3, -0.25) is 4.79 Å². The topological polar surface area (TPSA) is 79.0 Å². The fraction of sp³-hybridized carbons (Fsp3) is 0.400. The Morgan fingerprint density at radius 2 is 2.19 bits per heavy atom. The Labute approximate surface area is 123 Å². The van der Waals surface area contributed by atoms with Crippen molar-refractivity contribution < 1.29 is 13.2 Å². The molecular weight excluding hydrogens is 288 g/mol. The highest BCUT2D eigenvalue weighted by Gasteiger charge is 2.29. The maximum Gasteiger partial charge on any atom is 0.224 e. The number of aromatic nitrogens is 1. The first-order valence-corrected chi connectivity index (χ1v) is 8.83. The van der Waals surface area contributed by atoms with Gasteiger partial charge in [-0.15, -0.1) is 0 Å². The zero-order valence-corrected chi connectivity index (χ0v) is 12.7. The highest BCUT2D eigenvalue weighted by molar-refractivity contribution is 7.91. The van der Waals surface area contributed by atoms with E-state index in [1.807, 2.05) is 31.2 Å². The van der Waals surface area contributed by atoms with E-state index in [1.54, 1.807) is 0 Å². The molecule has 5 nitrogen and oxygen atoms in total. The SMILES string of the molecule is Cc1cc2cc(NC(=O)CC3CCS(=O)(=O)C3)ccc2[nH]1. The fourth-order valence-corrected chi connectivity index (χ4v) is 4.72. The molecule has 2 aromatic rings. The molecule has 112 valence electrons. The van der Waals surface area contributed by atoms with E-state index in [-0.39, 0.29) is 29.8 Å². The smallest absolute Gasteiger partial charge is 0.224 e. The fourth-order valence-electron chi connectivity index (χ4n) is 2.86. The summed E-state index contributed by atoms with van der Waals surface area (Å²) in [5, 5.41) is 3.90. The molecule has 1 aromatic carbocycles. The molecule has 0 saturated carbocycles. The van der Waals surface area contributed by atoms with Gasteiger partial charge in [0.1, 0.15) is 0 Å². The van der Waals surface area contributed by atoms with Crippen molar-refractivity contribution in [1.29, 1.82) is 0 Å². The lowest BCUT2D eigenvalue weighted by atomic mass is 10.0. The van der Waals surface area contributed by atoms with Crippen LogP contribution in [0.1, 0.15) is 18.5 Å². The van der Waals surface area contributed by atoms with Gasteiger partial charge in [-0.1, -0.05) is 0 Å². The summed E-state index contributed by atoms with van der Waals surface area (Å²) >= 11 is 0. The molecule has 1 fully saturated rings. The summed E-state index contributed by atoms with van der Waals surface area (Å²) in [7, 11) is -2.92. The van der Waals surface area contributed by atoms with Crippen LogP contribution in [0, 0.1) is 12.8 Å². The molecule has 0 bridgehead atoms. The van der Waals surface area contributed by atoms with Gasteiger partial charge >= 0.3 is 0 Å². The Morgan fingerprint density at radius 1 is 1.38 bits per heavy atom. The van der Waals surface area contributed by atoms with E-state index in [0.29, 0.717) is 6.42 Å². The normalized spacial score (nSPS) is 20.7. The number of fused-ring (bicyclic) bond motifs is 1. The van der Waals surface area contributed by atoms with Crippen LogP contribution < -0.4 is 5.32 Å². The number of aromatic amines is 1. The Hall–Kier alpha value is -1.82. The van der Waals surface area contributed by atoms with Gasteiger partial charge in [0.15, 0.2) is 9.84 Å². The molecule has 2 heterocycles. The molecule has 1 aliphatic rings. The van der Waals surface area contributed by atoms with Gasteiger partial charge in [0, 0.05) is 28.7 Å². The monoisotopic (exact) mass is 306 g/mol. The number of sulfone groups is 1. The van der Waals surface area contributed by atoms with Gasteiger partial charge in [-0.05, 0) is 43.5 Å². The van der Waals surface area contributed by atoms with Gasteiger partial charge < -0.3 is 10.3 Å². The number of hydrogen-bond acceptors (Lipinski definition) is 3. The maximum atomic E-state index is 12.0. The molecule has 3 rings (SSSR count). The van der Waals surface area contributed by atoms with Crippen molar-refractivity contribution in [3.8, 4) is 0 Å². The predicted octanol–water partition coefficient (Wildman–Crippen LogP) is 2.24. The molecule has 1 amide bonds. The van der Waals surface area contributed by atoms with Crippen LogP contribution in [0.5, 0.6) is 0 Å². The minimum atomic E-state index is -2.92. The summed E-state index contributed by atoms with van der Waals surface area (Å²) < 4.78 is 22.8. The first-order chi connectivity index (χ1) is 9.91. The van der Waals surface area contributed by atoms with Gasteiger partial charge in [0.2, 0.25) is 5.91 Å². The average molecular weight is 306 g/mol. The second-order valence-corrected chi connectivity index (χ2v) is 8.00. The molecular formula is C15H18N2O3S. The summed E-state index contributed by atoms with van der Waals surface area (Å²) in [4.78, 5) is 15.2. The van der Waals surface area contributed by atoms with Crippen molar-refractivity contribution in [1.82, 2.24) is 4.98 Å². The van der Waals surface area contributed by atoms with Gasteiger partial charge in [0.25, 0.3) is 0 Å². The highest BCUT2D eigenvalue weighted by Crippen LogP contribution is 2.23. The van der Waals surface area contributed by atoms with Gasteiger partial charge in [-0.2, -0.15) is 0 Å². The molecule has 1 atom stereocenters. The molecule has 1 aliphatic heterocycles. The molecule has 1 unspecified atom stereocenters. The number of amides is 1. The number of nitrogens with one attached hydrogen (secondary N) is 2. The summed E-state index contributed by atoms with van der Waals surface area (Å²) in [6.45, 7) is 1.98. The number of carbonyl (C=O) groups is 1. The Bertz CT molecular complexity index is 792. The largest absolute Gasteiger partial charge is 0.359 e. The summed E-state index contributed by atoms with van der Waals surface area (Å²) in [5.41, 5.74) is 2.85. The van der Waals surface area contributed by atoms with E-state index in [9.17, 15) is 13.2 Å². The predicted molar refractivity (Wildman–Crippen MR) is 83.0 cm³/mol. The lowest BCUT2D eigenvalue weighted by Gasteiger charge is -2.08. The Kier molecular flexibility index (Phi) is 3.49. The van der Waals surface area contributed by atoms with E-state index in [2.05, 4.69) is 10.3 Å². The van der Waals surface area contributed by atoms with Crippen LogP contribution in [0.2, 0.25) is 0 Å². The zero-order chi connectivity index (χ0) is 15.0. The minimum absolute atomic E-state index is 0.0479. The van der Waals surface area contributed by atoms with Gasteiger partial charge in [-0.25, -0.2) is 8.42 Å². The van der Waals surface area contributed by atoms with Crippen LogP contribution in [-0.4, -0.2) is 30.8 Å². The maximum absolute atomic E-state index is 12.0. The third-order valence-corrected chi connectivity index (χ3v) is 5.68.